The summed E-state index contributed by atoms with van der Waals surface area (Å²) < 4.78 is 38.6. The van der Waals surface area contributed by atoms with Gasteiger partial charge in [0.15, 0.2) is 0 Å². The molecule has 9 heteroatoms. The Morgan fingerprint density at radius 2 is 1.71 bits per heavy atom. The standard InChI is InChI=1S/C22H14Cl2F3N3O/c23-16-5-2-6-17(24)15(16)11-20-29-18-8-7-12(9-19(18)30-20)21(31)28-14-4-1-3-13(10-14)22(25,26)27/h1-10H,11H2,(H,28,31)(H,29,30). The van der Waals surface area contributed by atoms with Crippen LogP contribution in [0.15, 0.2) is 60.7 Å². The van der Waals surface area contributed by atoms with Crippen LogP contribution in [0.2, 0.25) is 10.0 Å². The summed E-state index contributed by atoms with van der Waals surface area (Å²) in [5.74, 6) is 0.0759. The van der Waals surface area contributed by atoms with Gasteiger partial charge in [0.25, 0.3) is 5.91 Å². The molecule has 4 aromatic rings. The second-order valence-electron chi connectivity index (χ2n) is 6.83. The number of amides is 1. The first kappa shape index (κ1) is 21.2. The van der Waals surface area contributed by atoms with Crippen LogP contribution in [0.4, 0.5) is 18.9 Å². The van der Waals surface area contributed by atoms with Gasteiger partial charge in [-0.1, -0.05) is 35.3 Å². The number of imidazole rings is 1. The van der Waals surface area contributed by atoms with Crippen molar-refractivity contribution in [3.63, 3.8) is 0 Å². The molecule has 4 rings (SSSR count). The summed E-state index contributed by atoms with van der Waals surface area (Å²) in [7, 11) is 0. The molecular weight excluding hydrogens is 450 g/mol. The lowest BCUT2D eigenvalue weighted by molar-refractivity contribution is -0.137. The average Bonchev–Trinajstić information content (AvgIpc) is 3.12. The minimum atomic E-state index is -4.49. The van der Waals surface area contributed by atoms with E-state index in [4.69, 9.17) is 23.2 Å². The fourth-order valence-electron chi connectivity index (χ4n) is 3.13. The highest BCUT2D eigenvalue weighted by Gasteiger charge is 2.30. The van der Waals surface area contributed by atoms with E-state index >= 15 is 0 Å². The van der Waals surface area contributed by atoms with E-state index in [-0.39, 0.29) is 11.3 Å². The molecular formula is C22H14Cl2F3N3O. The largest absolute Gasteiger partial charge is 0.416 e. The van der Waals surface area contributed by atoms with Crippen LogP contribution >= 0.6 is 23.2 Å². The number of halogens is 5. The van der Waals surface area contributed by atoms with E-state index in [0.717, 1.165) is 17.7 Å². The van der Waals surface area contributed by atoms with Crippen LogP contribution in [0.1, 0.15) is 27.3 Å². The number of rotatable bonds is 4. The number of hydrogen-bond donors (Lipinski definition) is 2. The van der Waals surface area contributed by atoms with Crippen molar-refractivity contribution >= 4 is 45.8 Å². The summed E-state index contributed by atoms with van der Waals surface area (Å²) in [6, 6.07) is 14.5. The first-order valence-electron chi connectivity index (χ1n) is 9.11. The van der Waals surface area contributed by atoms with Crippen LogP contribution in [0.3, 0.4) is 0 Å². The van der Waals surface area contributed by atoms with Crippen molar-refractivity contribution in [2.45, 2.75) is 12.6 Å². The Bertz CT molecular complexity index is 1260. The van der Waals surface area contributed by atoms with Crippen molar-refractivity contribution in [3.05, 3.63) is 93.2 Å². The number of aromatic amines is 1. The van der Waals surface area contributed by atoms with Gasteiger partial charge in [-0.05, 0) is 54.1 Å². The van der Waals surface area contributed by atoms with Gasteiger partial charge in [0, 0.05) is 27.7 Å². The molecule has 0 atom stereocenters. The molecule has 1 amide bonds. The van der Waals surface area contributed by atoms with Gasteiger partial charge >= 0.3 is 6.18 Å². The quantitative estimate of drug-likeness (QED) is 0.352. The smallest absolute Gasteiger partial charge is 0.342 e. The molecule has 2 N–H and O–H groups in total. The number of H-pyrrole nitrogens is 1. The zero-order valence-electron chi connectivity index (χ0n) is 15.7. The van der Waals surface area contributed by atoms with E-state index in [9.17, 15) is 18.0 Å². The number of nitrogens with zero attached hydrogens (tertiary/aromatic N) is 1. The number of alkyl halides is 3. The average molecular weight is 464 g/mol. The molecule has 0 aliphatic heterocycles. The van der Waals surface area contributed by atoms with Crippen molar-refractivity contribution < 1.29 is 18.0 Å². The van der Waals surface area contributed by atoms with Gasteiger partial charge in [-0.15, -0.1) is 0 Å². The summed E-state index contributed by atoms with van der Waals surface area (Å²) >= 11 is 12.4. The lowest BCUT2D eigenvalue weighted by Crippen LogP contribution is -2.13. The molecule has 0 spiro atoms. The van der Waals surface area contributed by atoms with Gasteiger partial charge in [-0.2, -0.15) is 13.2 Å². The molecule has 3 aromatic carbocycles. The monoisotopic (exact) mass is 463 g/mol. The van der Waals surface area contributed by atoms with Crippen molar-refractivity contribution in [3.8, 4) is 0 Å². The van der Waals surface area contributed by atoms with E-state index in [1.54, 1.807) is 36.4 Å². The van der Waals surface area contributed by atoms with Crippen LogP contribution in [0, 0.1) is 0 Å². The first-order valence-corrected chi connectivity index (χ1v) is 9.86. The zero-order valence-corrected chi connectivity index (χ0v) is 17.2. The van der Waals surface area contributed by atoms with Crippen LogP contribution < -0.4 is 5.32 Å². The van der Waals surface area contributed by atoms with E-state index in [2.05, 4.69) is 15.3 Å². The molecule has 0 saturated carbocycles. The molecule has 0 fully saturated rings. The summed E-state index contributed by atoms with van der Waals surface area (Å²) in [5, 5.41) is 3.53. The second-order valence-corrected chi connectivity index (χ2v) is 7.64. The molecule has 4 nitrogen and oxygen atoms in total. The third-order valence-corrected chi connectivity index (χ3v) is 5.36. The third kappa shape index (κ3) is 4.68. The Morgan fingerprint density at radius 1 is 1.00 bits per heavy atom. The van der Waals surface area contributed by atoms with Crippen molar-refractivity contribution in [1.29, 1.82) is 0 Å². The number of benzene rings is 3. The van der Waals surface area contributed by atoms with Gasteiger partial charge in [-0.3, -0.25) is 4.79 Å². The maximum absolute atomic E-state index is 12.9. The van der Waals surface area contributed by atoms with Gasteiger partial charge in [0.1, 0.15) is 5.82 Å². The predicted octanol–water partition coefficient (Wildman–Crippen LogP) is 6.73. The number of anilines is 1. The fraction of sp³-hybridized carbons (Fsp3) is 0.0909. The first-order chi connectivity index (χ1) is 14.7. The fourth-order valence-corrected chi connectivity index (χ4v) is 3.66. The highest BCUT2D eigenvalue weighted by molar-refractivity contribution is 6.36. The SMILES string of the molecule is O=C(Nc1cccc(C(F)(F)F)c1)c1ccc2nc(Cc3c(Cl)cccc3Cl)[nH]c2c1. The van der Waals surface area contributed by atoms with Crippen LogP contribution in [-0.4, -0.2) is 15.9 Å². The molecule has 0 unspecified atom stereocenters. The number of aromatic nitrogens is 2. The lowest BCUT2D eigenvalue weighted by atomic mass is 10.1. The number of carbonyl (C=O) groups excluding carboxylic acids is 1. The topological polar surface area (TPSA) is 57.8 Å². The summed E-state index contributed by atoms with van der Waals surface area (Å²) in [6.45, 7) is 0. The molecule has 31 heavy (non-hydrogen) atoms. The Labute approximate surface area is 185 Å². The molecule has 0 bridgehead atoms. The summed E-state index contributed by atoms with van der Waals surface area (Å²) in [6.07, 6.45) is -4.12. The Hall–Kier alpha value is -3.03. The van der Waals surface area contributed by atoms with E-state index in [1.165, 1.54) is 12.1 Å². The zero-order chi connectivity index (χ0) is 22.2. The molecule has 1 aromatic heterocycles. The van der Waals surface area contributed by atoms with Gasteiger partial charge in [-0.25, -0.2) is 4.98 Å². The summed E-state index contributed by atoms with van der Waals surface area (Å²) in [5.41, 5.74) is 1.46. The Balaban J connectivity index is 1.56. The van der Waals surface area contributed by atoms with Crippen LogP contribution in [0.5, 0.6) is 0 Å². The highest BCUT2D eigenvalue weighted by Crippen LogP contribution is 2.31. The minimum Gasteiger partial charge on any atom is -0.342 e. The maximum Gasteiger partial charge on any atom is 0.416 e. The molecule has 0 aliphatic rings. The molecule has 158 valence electrons. The van der Waals surface area contributed by atoms with E-state index in [0.29, 0.717) is 33.3 Å². The highest BCUT2D eigenvalue weighted by atomic mass is 35.5. The van der Waals surface area contributed by atoms with E-state index in [1.807, 2.05) is 0 Å². The predicted molar refractivity (Wildman–Crippen MR) is 115 cm³/mol. The third-order valence-electron chi connectivity index (χ3n) is 4.65. The van der Waals surface area contributed by atoms with E-state index < -0.39 is 17.6 Å². The molecule has 0 aliphatic carbocycles. The number of fused-ring (bicyclic) bond motifs is 1. The summed E-state index contributed by atoms with van der Waals surface area (Å²) in [4.78, 5) is 20.2. The molecule has 1 heterocycles. The Kier molecular flexibility index (Phi) is 5.64. The normalized spacial score (nSPS) is 11.6. The van der Waals surface area contributed by atoms with Crippen molar-refractivity contribution in [2.24, 2.45) is 0 Å². The van der Waals surface area contributed by atoms with Crippen LogP contribution in [-0.2, 0) is 12.6 Å². The Morgan fingerprint density at radius 3 is 2.42 bits per heavy atom. The van der Waals surface area contributed by atoms with Crippen molar-refractivity contribution in [1.82, 2.24) is 9.97 Å². The minimum absolute atomic E-state index is 0.0542. The number of carbonyl (C=O) groups is 1. The van der Waals surface area contributed by atoms with Crippen molar-refractivity contribution in [2.75, 3.05) is 5.32 Å². The number of hydrogen-bond acceptors (Lipinski definition) is 2. The van der Waals surface area contributed by atoms with Gasteiger partial charge in [0.2, 0.25) is 0 Å². The van der Waals surface area contributed by atoms with Gasteiger partial charge < -0.3 is 10.3 Å². The lowest BCUT2D eigenvalue weighted by Gasteiger charge is -2.10. The van der Waals surface area contributed by atoms with Gasteiger partial charge in [0.05, 0.1) is 16.6 Å². The second kappa shape index (κ2) is 8.24. The maximum atomic E-state index is 12.9. The molecule has 0 saturated heterocycles. The number of nitrogens with one attached hydrogen (secondary N) is 2. The van der Waals surface area contributed by atoms with Crippen LogP contribution in [0.25, 0.3) is 11.0 Å². The molecule has 0 radical (unpaired) electrons.